The van der Waals surface area contributed by atoms with Gasteiger partial charge in [-0.25, -0.2) is 4.98 Å². The van der Waals surface area contributed by atoms with E-state index in [-0.39, 0.29) is 17.4 Å². The van der Waals surface area contributed by atoms with E-state index in [1.54, 1.807) is 16.8 Å². The molecule has 2 heterocycles. The van der Waals surface area contributed by atoms with Crippen LogP contribution in [-0.2, 0) is 11.3 Å². The van der Waals surface area contributed by atoms with Gasteiger partial charge in [-0.15, -0.1) is 11.3 Å². The number of nitrogens with one attached hydrogen (secondary N) is 1. The van der Waals surface area contributed by atoms with Crippen LogP contribution >= 0.6 is 11.3 Å². The molecule has 0 radical (unpaired) electrons. The molecule has 1 aliphatic rings. The smallest absolute Gasteiger partial charge is 0.251 e. The van der Waals surface area contributed by atoms with Crippen LogP contribution in [0.3, 0.4) is 0 Å². The van der Waals surface area contributed by atoms with Crippen molar-refractivity contribution in [2.24, 2.45) is 5.92 Å². The SMILES string of the molecule is Cc1ccn(Cc2nc(-c3ccc(NC(=O)C4CC4)cc3)cs2)c(=O)c1. The van der Waals surface area contributed by atoms with Gasteiger partial charge in [-0.1, -0.05) is 12.1 Å². The summed E-state index contributed by atoms with van der Waals surface area (Å²) in [7, 11) is 0. The molecule has 2 aromatic heterocycles. The van der Waals surface area contributed by atoms with E-state index >= 15 is 0 Å². The van der Waals surface area contributed by atoms with Gasteiger partial charge in [0.15, 0.2) is 0 Å². The number of aryl methyl sites for hydroxylation is 1. The first-order valence-electron chi connectivity index (χ1n) is 8.61. The Morgan fingerprint density at radius 2 is 2.04 bits per heavy atom. The molecule has 6 heteroatoms. The minimum absolute atomic E-state index is 0.0162. The highest BCUT2D eigenvalue weighted by Gasteiger charge is 2.29. The Morgan fingerprint density at radius 3 is 2.73 bits per heavy atom. The Labute approximate surface area is 155 Å². The highest BCUT2D eigenvalue weighted by molar-refractivity contribution is 7.09. The number of thiazole rings is 1. The third-order valence-corrected chi connectivity index (χ3v) is 5.24. The van der Waals surface area contributed by atoms with Gasteiger partial charge in [0.2, 0.25) is 5.91 Å². The molecule has 0 aliphatic heterocycles. The molecular formula is C20H19N3O2S. The molecule has 0 spiro atoms. The van der Waals surface area contributed by atoms with Crippen molar-refractivity contribution in [1.82, 2.24) is 9.55 Å². The predicted molar refractivity (Wildman–Crippen MR) is 103 cm³/mol. The minimum atomic E-state index is -0.0162. The zero-order valence-corrected chi connectivity index (χ0v) is 15.3. The number of hydrogen-bond acceptors (Lipinski definition) is 4. The molecule has 4 rings (SSSR count). The van der Waals surface area contributed by atoms with Gasteiger partial charge in [0.25, 0.3) is 5.56 Å². The number of hydrogen-bond donors (Lipinski definition) is 1. The maximum atomic E-state index is 12.0. The second-order valence-electron chi connectivity index (χ2n) is 6.64. The van der Waals surface area contributed by atoms with Crippen LogP contribution in [-0.4, -0.2) is 15.5 Å². The molecule has 132 valence electrons. The number of aromatic nitrogens is 2. The van der Waals surface area contributed by atoms with Gasteiger partial charge >= 0.3 is 0 Å². The lowest BCUT2D eigenvalue weighted by Gasteiger charge is -2.05. The third-order valence-electron chi connectivity index (χ3n) is 4.41. The maximum absolute atomic E-state index is 12.0. The summed E-state index contributed by atoms with van der Waals surface area (Å²) in [5.74, 6) is 0.304. The summed E-state index contributed by atoms with van der Waals surface area (Å²) in [5, 5.41) is 5.81. The highest BCUT2D eigenvalue weighted by atomic mass is 32.1. The van der Waals surface area contributed by atoms with Crippen molar-refractivity contribution in [3.63, 3.8) is 0 Å². The fourth-order valence-electron chi connectivity index (χ4n) is 2.71. The standard InChI is InChI=1S/C20H19N3O2S/c1-13-8-9-23(19(24)10-13)11-18-22-17(12-26-18)14-4-6-16(7-5-14)21-20(25)15-2-3-15/h4-10,12,15H,2-3,11H2,1H3,(H,21,25). The first-order valence-corrected chi connectivity index (χ1v) is 9.49. The van der Waals surface area contributed by atoms with Crippen molar-refractivity contribution >= 4 is 22.9 Å². The number of rotatable bonds is 5. The molecule has 26 heavy (non-hydrogen) atoms. The van der Waals surface area contributed by atoms with Crippen molar-refractivity contribution in [2.45, 2.75) is 26.3 Å². The molecule has 1 saturated carbocycles. The lowest BCUT2D eigenvalue weighted by molar-refractivity contribution is -0.117. The normalized spacial score (nSPS) is 13.6. The Bertz CT molecular complexity index is 1000. The Balaban J connectivity index is 1.46. The average Bonchev–Trinajstić information content (AvgIpc) is 3.38. The summed E-state index contributed by atoms with van der Waals surface area (Å²) < 4.78 is 1.66. The van der Waals surface area contributed by atoms with Gasteiger partial charge in [-0.3, -0.25) is 9.59 Å². The number of carbonyl (C=O) groups excluding carboxylic acids is 1. The van der Waals surface area contributed by atoms with E-state index in [4.69, 9.17) is 0 Å². The summed E-state index contributed by atoms with van der Waals surface area (Å²) in [4.78, 5) is 28.4. The van der Waals surface area contributed by atoms with E-state index in [1.165, 1.54) is 11.3 Å². The Kier molecular flexibility index (Phi) is 4.42. The maximum Gasteiger partial charge on any atom is 0.251 e. The molecule has 1 N–H and O–H groups in total. The lowest BCUT2D eigenvalue weighted by Crippen LogP contribution is -2.19. The van der Waals surface area contributed by atoms with Crippen molar-refractivity contribution in [3.05, 3.63) is 68.9 Å². The quantitative estimate of drug-likeness (QED) is 0.750. The molecule has 0 bridgehead atoms. The molecule has 3 aromatic rings. The van der Waals surface area contributed by atoms with E-state index < -0.39 is 0 Å². The van der Waals surface area contributed by atoms with Crippen LogP contribution < -0.4 is 10.9 Å². The molecular weight excluding hydrogens is 346 g/mol. The van der Waals surface area contributed by atoms with Crippen molar-refractivity contribution in [1.29, 1.82) is 0 Å². The Morgan fingerprint density at radius 1 is 1.27 bits per heavy atom. The van der Waals surface area contributed by atoms with Crippen molar-refractivity contribution in [3.8, 4) is 11.3 Å². The summed E-state index contributed by atoms with van der Waals surface area (Å²) in [6.45, 7) is 2.38. The van der Waals surface area contributed by atoms with Crippen LogP contribution in [0.5, 0.6) is 0 Å². The van der Waals surface area contributed by atoms with E-state index in [2.05, 4.69) is 10.3 Å². The Hall–Kier alpha value is -2.73. The molecule has 1 amide bonds. The molecule has 0 atom stereocenters. The predicted octanol–water partition coefficient (Wildman–Crippen LogP) is 3.68. The van der Waals surface area contributed by atoms with Crippen LogP contribution in [0.2, 0.25) is 0 Å². The minimum Gasteiger partial charge on any atom is -0.326 e. The first-order chi connectivity index (χ1) is 12.6. The molecule has 0 saturated heterocycles. The fraction of sp³-hybridized carbons (Fsp3) is 0.250. The number of pyridine rings is 1. The van der Waals surface area contributed by atoms with E-state index in [9.17, 15) is 9.59 Å². The van der Waals surface area contributed by atoms with Crippen LogP contribution in [0.15, 0.2) is 52.8 Å². The molecule has 5 nitrogen and oxygen atoms in total. The highest BCUT2D eigenvalue weighted by Crippen LogP contribution is 2.30. The second kappa shape index (κ2) is 6.88. The number of amides is 1. The lowest BCUT2D eigenvalue weighted by atomic mass is 10.1. The van der Waals surface area contributed by atoms with Crippen molar-refractivity contribution in [2.75, 3.05) is 5.32 Å². The summed E-state index contributed by atoms with van der Waals surface area (Å²) in [6, 6.07) is 11.3. The van der Waals surface area contributed by atoms with Crippen LogP contribution in [0.25, 0.3) is 11.3 Å². The molecule has 0 unspecified atom stereocenters. The van der Waals surface area contributed by atoms with Crippen molar-refractivity contribution < 1.29 is 4.79 Å². The second-order valence-corrected chi connectivity index (χ2v) is 7.58. The van der Waals surface area contributed by atoms with Gasteiger partial charge in [0.05, 0.1) is 12.2 Å². The number of anilines is 1. The number of benzene rings is 1. The van der Waals surface area contributed by atoms with Gasteiger partial charge in [-0.05, 0) is 43.5 Å². The summed E-state index contributed by atoms with van der Waals surface area (Å²) in [6.07, 6.45) is 3.79. The number of nitrogens with zero attached hydrogens (tertiary/aromatic N) is 2. The first kappa shape index (κ1) is 16.7. The zero-order chi connectivity index (χ0) is 18.1. The largest absolute Gasteiger partial charge is 0.326 e. The molecule has 1 fully saturated rings. The average molecular weight is 365 g/mol. The molecule has 1 aliphatic carbocycles. The van der Waals surface area contributed by atoms with E-state index in [1.807, 2.05) is 42.6 Å². The van der Waals surface area contributed by atoms with E-state index in [0.717, 1.165) is 40.4 Å². The van der Waals surface area contributed by atoms with Crippen LogP contribution in [0.1, 0.15) is 23.4 Å². The van der Waals surface area contributed by atoms with Gasteiger partial charge in [0, 0.05) is 34.8 Å². The molecule has 1 aromatic carbocycles. The van der Waals surface area contributed by atoms with Crippen LogP contribution in [0, 0.1) is 12.8 Å². The fourth-order valence-corrected chi connectivity index (χ4v) is 3.51. The van der Waals surface area contributed by atoms with E-state index in [0.29, 0.717) is 6.54 Å². The monoisotopic (exact) mass is 365 g/mol. The van der Waals surface area contributed by atoms with Gasteiger partial charge in [0.1, 0.15) is 5.01 Å². The number of carbonyl (C=O) groups is 1. The van der Waals surface area contributed by atoms with Gasteiger partial charge in [-0.2, -0.15) is 0 Å². The summed E-state index contributed by atoms with van der Waals surface area (Å²) in [5.41, 5.74) is 3.63. The zero-order valence-electron chi connectivity index (χ0n) is 14.4. The summed E-state index contributed by atoms with van der Waals surface area (Å²) >= 11 is 1.54. The van der Waals surface area contributed by atoms with Crippen LogP contribution in [0.4, 0.5) is 5.69 Å². The van der Waals surface area contributed by atoms with Gasteiger partial charge < -0.3 is 9.88 Å². The topological polar surface area (TPSA) is 64.0 Å². The third kappa shape index (κ3) is 3.75.